The number of nitrogens with two attached hydrogens (primary N) is 1. The molecule has 2 aliphatic rings. The van der Waals surface area contributed by atoms with Crippen molar-refractivity contribution in [2.45, 2.75) is 36.6 Å². The van der Waals surface area contributed by atoms with E-state index < -0.39 is 10.0 Å². The molecule has 1 aromatic carbocycles. The molecule has 3 rings (SSSR count). The first-order valence-electron chi connectivity index (χ1n) is 8.05. The molecule has 0 aromatic heterocycles. The lowest BCUT2D eigenvalue weighted by Crippen LogP contribution is -2.44. The summed E-state index contributed by atoms with van der Waals surface area (Å²) in [4.78, 5) is 4.75. The molecular weight excluding hydrogens is 312 g/mol. The summed E-state index contributed by atoms with van der Waals surface area (Å²) in [6.07, 6.45) is 4.77. The SMILES string of the molecule is N#Cc1cc(S(N)(=O)=O)ccc1N1CCC(N2CCCC2)CC1. The molecule has 0 saturated carbocycles. The Bertz CT molecular complexity index is 712. The zero-order valence-corrected chi connectivity index (χ0v) is 13.9. The summed E-state index contributed by atoms with van der Waals surface area (Å²) in [5, 5.41) is 14.5. The van der Waals surface area contributed by atoms with Crippen molar-refractivity contribution in [1.82, 2.24) is 4.90 Å². The summed E-state index contributed by atoms with van der Waals surface area (Å²) in [6.45, 7) is 4.20. The molecular formula is C16H22N4O2S. The van der Waals surface area contributed by atoms with Crippen LogP contribution in [-0.2, 0) is 10.0 Å². The molecule has 2 aliphatic heterocycles. The first-order chi connectivity index (χ1) is 11.0. The number of nitriles is 1. The van der Waals surface area contributed by atoms with Crippen LogP contribution < -0.4 is 10.0 Å². The van der Waals surface area contributed by atoms with E-state index in [9.17, 15) is 13.7 Å². The van der Waals surface area contributed by atoms with Gasteiger partial charge >= 0.3 is 0 Å². The number of nitrogens with zero attached hydrogens (tertiary/aromatic N) is 3. The lowest BCUT2D eigenvalue weighted by molar-refractivity contribution is 0.208. The van der Waals surface area contributed by atoms with Crippen LogP contribution in [0.4, 0.5) is 5.69 Å². The van der Waals surface area contributed by atoms with E-state index in [4.69, 9.17) is 5.14 Å². The normalized spacial score (nSPS) is 20.6. The summed E-state index contributed by atoms with van der Waals surface area (Å²) in [5.41, 5.74) is 1.18. The quantitative estimate of drug-likeness (QED) is 0.899. The van der Waals surface area contributed by atoms with Gasteiger partial charge in [-0.15, -0.1) is 0 Å². The average Bonchev–Trinajstić information content (AvgIpc) is 3.08. The highest BCUT2D eigenvalue weighted by Crippen LogP contribution is 2.28. The molecule has 2 fully saturated rings. The monoisotopic (exact) mass is 334 g/mol. The zero-order valence-electron chi connectivity index (χ0n) is 13.1. The predicted octanol–water partition coefficient (Wildman–Crippen LogP) is 1.27. The van der Waals surface area contributed by atoms with Gasteiger partial charge in [0, 0.05) is 19.1 Å². The van der Waals surface area contributed by atoms with Crippen molar-refractivity contribution in [2.75, 3.05) is 31.1 Å². The molecule has 0 radical (unpaired) electrons. The number of primary sulfonamides is 1. The Labute approximate surface area is 137 Å². The lowest BCUT2D eigenvalue weighted by atomic mass is 10.0. The largest absolute Gasteiger partial charge is 0.370 e. The van der Waals surface area contributed by atoms with Crippen molar-refractivity contribution in [3.8, 4) is 6.07 Å². The fourth-order valence-electron chi connectivity index (χ4n) is 3.64. The molecule has 6 nitrogen and oxygen atoms in total. The molecule has 0 atom stereocenters. The maximum absolute atomic E-state index is 11.4. The van der Waals surface area contributed by atoms with Gasteiger partial charge in [-0.3, -0.25) is 0 Å². The molecule has 2 heterocycles. The molecule has 0 amide bonds. The van der Waals surface area contributed by atoms with E-state index in [1.165, 1.54) is 38.1 Å². The molecule has 0 bridgehead atoms. The van der Waals surface area contributed by atoms with Crippen LogP contribution >= 0.6 is 0 Å². The van der Waals surface area contributed by atoms with Gasteiger partial charge in [0.25, 0.3) is 0 Å². The third kappa shape index (κ3) is 3.50. The summed E-state index contributed by atoms with van der Waals surface area (Å²) in [7, 11) is -3.78. The number of rotatable bonds is 3. The molecule has 0 unspecified atom stereocenters. The van der Waals surface area contributed by atoms with E-state index >= 15 is 0 Å². The second-order valence-electron chi connectivity index (χ2n) is 6.30. The second kappa shape index (κ2) is 6.48. The summed E-state index contributed by atoms with van der Waals surface area (Å²) in [5.74, 6) is 0. The Kier molecular flexibility index (Phi) is 4.57. The first kappa shape index (κ1) is 16.2. The van der Waals surface area contributed by atoms with Crippen LogP contribution in [0.3, 0.4) is 0 Å². The lowest BCUT2D eigenvalue weighted by Gasteiger charge is -2.38. The van der Waals surface area contributed by atoms with E-state index in [1.807, 2.05) is 0 Å². The number of anilines is 1. The van der Waals surface area contributed by atoms with Crippen molar-refractivity contribution in [3.05, 3.63) is 23.8 Å². The highest BCUT2D eigenvalue weighted by Gasteiger charge is 2.27. The second-order valence-corrected chi connectivity index (χ2v) is 7.86. The predicted molar refractivity (Wildman–Crippen MR) is 88.6 cm³/mol. The van der Waals surface area contributed by atoms with E-state index in [-0.39, 0.29) is 4.90 Å². The number of sulfonamides is 1. The molecule has 2 N–H and O–H groups in total. The van der Waals surface area contributed by atoms with Gasteiger partial charge in [-0.1, -0.05) is 0 Å². The molecule has 1 aromatic rings. The Hall–Kier alpha value is -1.62. The Morgan fingerprint density at radius 2 is 1.78 bits per heavy atom. The smallest absolute Gasteiger partial charge is 0.238 e. The van der Waals surface area contributed by atoms with Crippen LogP contribution in [0.2, 0.25) is 0 Å². The van der Waals surface area contributed by atoms with E-state index in [0.29, 0.717) is 11.6 Å². The number of benzene rings is 1. The van der Waals surface area contributed by atoms with Gasteiger partial charge < -0.3 is 9.80 Å². The minimum atomic E-state index is -3.78. The highest BCUT2D eigenvalue weighted by atomic mass is 32.2. The summed E-state index contributed by atoms with van der Waals surface area (Å²) < 4.78 is 22.9. The van der Waals surface area contributed by atoms with E-state index in [0.717, 1.165) is 31.6 Å². The Morgan fingerprint density at radius 3 is 2.35 bits per heavy atom. The third-order valence-electron chi connectivity index (χ3n) is 4.88. The minimum Gasteiger partial charge on any atom is -0.370 e. The Balaban J connectivity index is 1.74. The van der Waals surface area contributed by atoms with Gasteiger partial charge in [0.05, 0.1) is 16.1 Å². The first-order valence-corrected chi connectivity index (χ1v) is 9.59. The van der Waals surface area contributed by atoms with Crippen molar-refractivity contribution in [1.29, 1.82) is 5.26 Å². The van der Waals surface area contributed by atoms with Gasteiger partial charge in [-0.05, 0) is 57.0 Å². The van der Waals surface area contributed by atoms with Gasteiger partial charge in [-0.2, -0.15) is 5.26 Å². The summed E-state index contributed by atoms with van der Waals surface area (Å²) >= 11 is 0. The molecule has 2 saturated heterocycles. The molecule has 7 heteroatoms. The van der Waals surface area contributed by atoms with Crippen molar-refractivity contribution >= 4 is 15.7 Å². The Morgan fingerprint density at radius 1 is 1.13 bits per heavy atom. The molecule has 124 valence electrons. The standard InChI is InChI=1S/C16H22N4O2S/c17-12-13-11-15(23(18,21)22)3-4-16(13)20-9-5-14(6-10-20)19-7-1-2-8-19/h3-4,11,14H,1-2,5-10H2,(H2,18,21,22). The van der Waals surface area contributed by atoms with Crippen LogP contribution in [0, 0.1) is 11.3 Å². The molecule has 23 heavy (non-hydrogen) atoms. The zero-order chi connectivity index (χ0) is 16.4. The highest BCUT2D eigenvalue weighted by molar-refractivity contribution is 7.89. The minimum absolute atomic E-state index is 0.00949. The molecule has 0 spiro atoms. The van der Waals surface area contributed by atoms with Crippen LogP contribution in [0.1, 0.15) is 31.2 Å². The maximum Gasteiger partial charge on any atom is 0.238 e. The number of hydrogen-bond acceptors (Lipinski definition) is 5. The number of hydrogen-bond donors (Lipinski definition) is 1. The van der Waals surface area contributed by atoms with Crippen molar-refractivity contribution in [2.24, 2.45) is 5.14 Å². The summed E-state index contributed by atoms with van der Waals surface area (Å²) in [6, 6.07) is 7.30. The fraction of sp³-hybridized carbons (Fsp3) is 0.562. The van der Waals surface area contributed by atoms with E-state index in [1.54, 1.807) is 6.07 Å². The average molecular weight is 334 g/mol. The third-order valence-corrected chi connectivity index (χ3v) is 5.79. The van der Waals surface area contributed by atoms with Crippen LogP contribution in [0.15, 0.2) is 23.1 Å². The number of piperidine rings is 1. The van der Waals surface area contributed by atoms with Gasteiger partial charge in [-0.25, -0.2) is 13.6 Å². The van der Waals surface area contributed by atoms with Gasteiger partial charge in [0.1, 0.15) is 6.07 Å². The van der Waals surface area contributed by atoms with Crippen molar-refractivity contribution in [3.63, 3.8) is 0 Å². The maximum atomic E-state index is 11.4. The number of likely N-dealkylation sites (tertiary alicyclic amines) is 1. The van der Waals surface area contributed by atoms with Crippen molar-refractivity contribution < 1.29 is 8.42 Å². The topological polar surface area (TPSA) is 90.4 Å². The fourth-order valence-corrected chi connectivity index (χ4v) is 4.18. The van der Waals surface area contributed by atoms with Crippen LogP contribution in [0.5, 0.6) is 0 Å². The van der Waals surface area contributed by atoms with E-state index in [2.05, 4.69) is 15.9 Å². The van der Waals surface area contributed by atoms with Gasteiger partial charge in [0.15, 0.2) is 0 Å². The van der Waals surface area contributed by atoms with Crippen LogP contribution in [-0.4, -0.2) is 45.5 Å². The van der Waals surface area contributed by atoms with Crippen LogP contribution in [0.25, 0.3) is 0 Å². The molecule has 0 aliphatic carbocycles. The van der Waals surface area contributed by atoms with Gasteiger partial charge in [0.2, 0.25) is 10.0 Å².